The monoisotopic (exact) mass is 478 g/mol. The normalized spacial score (nSPS) is 19.1. The van der Waals surface area contributed by atoms with Crippen molar-refractivity contribution in [2.75, 3.05) is 68.7 Å². The number of hydrogen-bond donors (Lipinski definition) is 2. The molecule has 0 aliphatic carbocycles. The number of aliphatic hydroxyl groups is 1. The molecule has 0 aromatic carbocycles. The van der Waals surface area contributed by atoms with Crippen LogP contribution in [0.3, 0.4) is 0 Å². The quantitative estimate of drug-likeness (QED) is 0.499. The minimum atomic E-state index is -0.576. The van der Waals surface area contributed by atoms with Crippen LogP contribution in [0.4, 0.5) is 11.4 Å². The van der Waals surface area contributed by atoms with Gasteiger partial charge in [-0.15, -0.1) is 0 Å². The molecule has 2 N–H and O–H groups in total. The molecule has 9 nitrogen and oxygen atoms in total. The Morgan fingerprint density at radius 2 is 1.66 bits per heavy atom. The molecule has 188 valence electrons. The van der Waals surface area contributed by atoms with Gasteiger partial charge in [0.1, 0.15) is 0 Å². The second-order valence-electron chi connectivity index (χ2n) is 9.75. The van der Waals surface area contributed by atoms with Crippen LogP contribution < -0.4 is 15.1 Å². The third kappa shape index (κ3) is 5.13. The fraction of sp³-hybridized carbons (Fsp3) is 0.538. The van der Waals surface area contributed by atoms with Crippen molar-refractivity contribution in [2.45, 2.75) is 33.2 Å². The lowest BCUT2D eigenvalue weighted by Crippen LogP contribution is -2.54. The highest BCUT2D eigenvalue weighted by molar-refractivity contribution is 5.79. The Morgan fingerprint density at radius 1 is 0.943 bits per heavy atom. The Balaban J connectivity index is 1.29. The van der Waals surface area contributed by atoms with Crippen molar-refractivity contribution in [1.29, 1.82) is 0 Å². The van der Waals surface area contributed by atoms with E-state index in [9.17, 15) is 5.11 Å². The van der Waals surface area contributed by atoms with Crippen LogP contribution in [0, 0.1) is 0 Å². The second-order valence-corrected chi connectivity index (χ2v) is 9.75. The first-order valence-electron chi connectivity index (χ1n) is 12.9. The summed E-state index contributed by atoms with van der Waals surface area (Å²) in [6.07, 6.45) is 5.35. The number of hydrogen-bond acceptors (Lipinski definition) is 8. The molecule has 0 saturated carbocycles. The van der Waals surface area contributed by atoms with Crippen LogP contribution >= 0.6 is 0 Å². The maximum atomic E-state index is 10.2. The molecular weight excluding hydrogens is 440 g/mol. The average molecular weight is 479 g/mol. The van der Waals surface area contributed by atoms with E-state index in [2.05, 4.69) is 74.3 Å². The lowest BCUT2D eigenvalue weighted by atomic mass is 10.2. The van der Waals surface area contributed by atoms with Crippen LogP contribution in [0.25, 0.3) is 16.8 Å². The molecule has 2 fully saturated rings. The summed E-state index contributed by atoms with van der Waals surface area (Å²) < 4.78 is 1.95. The minimum Gasteiger partial charge on any atom is -0.368 e. The van der Waals surface area contributed by atoms with Crippen LogP contribution in [-0.4, -0.2) is 101 Å². The summed E-state index contributed by atoms with van der Waals surface area (Å²) in [5.74, 6) is 0. The van der Waals surface area contributed by atoms with E-state index in [1.165, 1.54) is 11.4 Å². The molecule has 9 heteroatoms. The largest absolute Gasteiger partial charge is 0.368 e. The van der Waals surface area contributed by atoms with Gasteiger partial charge in [0.25, 0.3) is 0 Å². The molecule has 0 spiro atoms. The van der Waals surface area contributed by atoms with Crippen LogP contribution in [-0.2, 0) is 0 Å². The molecule has 3 aromatic heterocycles. The van der Waals surface area contributed by atoms with E-state index in [0.29, 0.717) is 6.04 Å². The molecule has 2 saturated heterocycles. The molecule has 35 heavy (non-hydrogen) atoms. The Kier molecular flexibility index (Phi) is 7.19. The van der Waals surface area contributed by atoms with Crippen LogP contribution in [0.2, 0.25) is 0 Å². The number of rotatable bonds is 7. The number of nitrogens with zero attached hydrogens (tertiary/aromatic N) is 7. The smallest absolute Gasteiger partial charge is 0.163 e. The predicted molar refractivity (Wildman–Crippen MR) is 141 cm³/mol. The van der Waals surface area contributed by atoms with Gasteiger partial charge in [-0.25, -0.2) is 4.52 Å². The zero-order valence-electron chi connectivity index (χ0n) is 21.1. The highest BCUT2D eigenvalue weighted by Gasteiger charge is 2.24. The highest BCUT2D eigenvalue weighted by Crippen LogP contribution is 2.29. The molecule has 1 atom stereocenters. The summed E-state index contributed by atoms with van der Waals surface area (Å²) >= 11 is 0. The summed E-state index contributed by atoms with van der Waals surface area (Å²) in [6.45, 7) is 14.9. The van der Waals surface area contributed by atoms with E-state index in [1.807, 2.05) is 23.8 Å². The van der Waals surface area contributed by atoms with Crippen LogP contribution in [0.1, 0.15) is 20.8 Å². The summed E-state index contributed by atoms with van der Waals surface area (Å²) in [4.78, 5) is 14.2. The predicted octanol–water partition coefficient (Wildman–Crippen LogP) is 1.93. The number of pyridine rings is 1. The number of nitrogens with one attached hydrogen (secondary N) is 1. The van der Waals surface area contributed by atoms with Crippen LogP contribution in [0.5, 0.6) is 0 Å². The van der Waals surface area contributed by atoms with E-state index in [1.54, 1.807) is 0 Å². The SMILES string of the molecule is CCNC(O)N1CCN(c2ccnn3cc(-c4ccc(N5CCN(C(C)C)CC5)cn4)cc23)CC1. The minimum absolute atomic E-state index is 0.576. The maximum Gasteiger partial charge on any atom is 0.163 e. The third-order valence-electron chi connectivity index (χ3n) is 7.33. The van der Waals surface area contributed by atoms with Gasteiger partial charge < -0.3 is 14.9 Å². The van der Waals surface area contributed by atoms with Crippen molar-refractivity contribution in [3.05, 3.63) is 42.9 Å². The fourth-order valence-electron chi connectivity index (χ4n) is 5.17. The molecule has 5 heterocycles. The van der Waals surface area contributed by atoms with Crippen molar-refractivity contribution in [3.8, 4) is 11.3 Å². The van der Waals surface area contributed by atoms with Gasteiger partial charge in [0.15, 0.2) is 6.35 Å². The van der Waals surface area contributed by atoms with E-state index in [4.69, 9.17) is 4.98 Å². The van der Waals surface area contributed by atoms with Crippen molar-refractivity contribution < 1.29 is 5.11 Å². The first kappa shape index (κ1) is 24.0. The van der Waals surface area contributed by atoms with Crippen molar-refractivity contribution in [1.82, 2.24) is 29.7 Å². The van der Waals surface area contributed by atoms with Gasteiger partial charge in [0, 0.05) is 76.4 Å². The molecule has 2 aliphatic rings. The molecule has 3 aromatic rings. The molecule has 2 aliphatic heterocycles. The van der Waals surface area contributed by atoms with Gasteiger partial charge in [-0.05, 0) is 44.7 Å². The standard InChI is InChI=1S/C26H38N8O/c1-4-27-26(35)33-15-13-32(14-16-33)24-7-8-29-34-19-21(17-25(24)34)23-6-5-22(18-28-23)31-11-9-30(10-12-31)20(2)3/h5-8,17-20,26-27,35H,4,9-16H2,1-3H3. The van der Waals surface area contributed by atoms with Crippen LogP contribution in [0.15, 0.2) is 42.9 Å². The maximum absolute atomic E-state index is 10.2. The number of fused-ring (bicyclic) bond motifs is 1. The molecule has 0 radical (unpaired) electrons. The lowest BCUT2D eigenvalue weighted by Gasteiger charge is -2.38. The topological polar surface area (TPSA) is 75.4 Å². The second kappa shape index (κ2) is 10.5. The van der Waals surface area contributed by atoms with Gasteiger partial charge in [0.2, 0.25) is 0 Å². The van der Waals surface area contributed by atoms with E-state index in [-0.39, 0.29) is 0 Å². The number of aliphatic hydroxyl groups excluding tert-OH is 1. The zero-order chi connectivity index (χ0) is 24.4. The molecule has 5 rings (SSSR count). The van der Waals surface area contributed by atoms with E-state index >= 15 is 0 Å². The fourth-order valence-corrected chi connectivity index (χ4v) is 5.17. The number of anilines is 2. The zero-order valence-corrected chi connectivity index (χ0v) is 21.1. The number of piperazine rings is 2. The van der Waals surface area contributed by atoms with Gasteiger partial charge in [-0.2, -0.15) is 5.10 Å². The average Bonchev–Trinajstić information content (AvgIpc) is 3.34. The summed E-state index contributed by atoms with van der Waals surface area (Å²) in [7, 11) is 0. The number of aromatic nitrogens is 3. The lowest BCUT2D eigenvalue weighted by molar-refractivity contribution is -0.0235. The Labute approximate surface area is 207 Å². The van der Waals surface area contributed by atoms with Gasteiger partial charge in [-0.3, -0.25) is 20.1 Å². The van der Waals surface area contributed by atoms with Gasteiger partial charge in [-0.1, -0.05) is 6.92 Å². The molecule has 0 amide bonds. The first-order valence-corrected chi connectivity index (χ1v) is 12.9. The van der Waals surface area contributed by atoms with Gasteiger partial charge >= 0.3 is 0 Å². The molecular formula is C26H38N8O. The summed E-state index contributed by atoms with van der Waals surface area (Å²) in [5.41, 5.74) is 5.48. The summed E-state index contributed by atoms with van der Waals surface area (Å²) in [6, 6.07) is 9.20. The van der Waals surface area contributed by atoms with Crippen molar-refractivity contribution in [2.24, 2.45) is 0 Å². The molecule has 0 bridgehead atoms. The van der Waals surface area contributed by atoms with Crippen molar-refractivity contribution in [3.63, 3.8) is 0 Å². The Morgan fingerprint density at radius 3 is 2.31 bits per heavy atom. The summed E-state index contributed by atoms with van der Waals surface area (Å²) in [5, 5.41) is 17.9. The molecule has 1 unspecified atom stereocenters. The van der Waals surface area contributed by atoms with E-state index in [0.717, 1.165) is 75.7 Å². The highest BCUT2D eigenvalue weighted by atomic mass is 16.3. The van der Waals surface area contributed by atoms with Gasteiger partial charge in [0.05, 0.1) is 28.8 Å². The third-order valence-corrected chi connectivity index (χ3v) is 7.33. The van der Waals surface area contributed by atoms with E-state index < -0.39 is 6.35 Å². The first-order chi connectivity index (χ1) is 17.0. The Hall–Kier alpha value is -2.72. The Bertz CT molecular complexity index is 1100. The van der Waals surface area contributed by atoms with Crippen molar-refractivity contribution >= 4 is 16.9 Å².